The summed E-state index contributed by atoms with van der Waals surface area (Å²) in [7, 11) is 0. The van der Waals surface area contributed by atoms with E-state index in [2.05, 4.69) is 15.3 Å². The van der Waals surface area contributed by atoms with E-state index in [0.717, 1.165) is 17.7 Å². The fraction of sp³-hybridized carbons (Fsp3) is 0.375. The van der Waals surface area contributed by atoms with Crippen LogP contribution < -0.4 is 15.8 Å². The quantitative estimate of drug-likeness (QED) is 0.722. The molecule has 0 aliphatic heterocycles. The van der Waals surface area contributed by atoms with Crippen molar-refractivity contribution in [1.29, 1.82) is 0 Å². The molecule has 0 spiro atoms. The highest BCUT2D eigenvalue weighted by atomic mass is 16.5. The molecule has 0 saturated heterocycles. The molecule has 0 fully saturated rings. The summed E-state index contributed by atoms with van der Waals surface area (Å²) in [5, 5.41) is 13.1. The van der Waals surface area contributed by atoms with Crippen LogP contribution in [0, 0.1) is 6.92 Å². The smallest absolute Gasteiger partial charge is 0.221 e. The van der Waals surface area contributed by atoms with Crippen molar-refractivity contribution in [2.24, 2.45) is 0 Å². The zero-order chi connectivity index (χ0) is 15.9. The van der Waals surface area contributed by atoms with Crippen LogP contribution in [-0.2, 0) is 6.42 Å². The summed E-state index contributed by atoms with van der Waals surface area (Å²) >= 11 is 0. The van der Waals surface area contributed by atoms with Crippen LogP contribution in [-0.4, -0.2) is 34.3 Å². The highest BCUT2D eigenvalue weighted by Crippen LogP contribution is 2.14. The highest BCUT2D eigenvalue weighted by molar-refractivity contribution is 5.46. The number of aromatic nitrogens is 2. The molecule has 2 rings (SSSR count). The molecular weight excluding hydrogens is 280 g/mol. The Balaban J connectivity index is 1.83. The van der Waals surface area contributed by atoms with E-state index in [9.17, 15) is 5.11 Å². The van der Waals surface area contributed by atoms with Gasteiger partial charge in [0.05, 0.1) is 0 Å². The number of aliphatic hydroxyl groups is 1. The summed E-state index contributed by atoms with van der Waals surface area (Å²) in [6.45, 7) is 4.56. The lowest BCUT2D eigenvalue weighted by Gasteiger charge is -2.15. The van der Waals surface area contributed by atoms with Crippen molar-refractivity contribution < 1.29 is 9.84 Å². The van der Waals surface area contributed by atoms with Gasteiger partial charge in [0.15, 0.2) is 0 Å². The van der Waals surface area contributed by atoms with Gasteiger partial charge in [0.25, 0.3) is 0 Å². The molecule has 0 aliphatic rings. The largest absolute Gasteiger partial charge is 0.491 e. The molecule has 0 bridgehead atoms. The van der Waals surface area contributed by atoms with Gasteiger partial charge in [-0.05, 0) is 25.5 Å². The topological polar surface area (TPSA) is 93.3 Å². The van der Waals surface area contributed by atoms with Crippen molar-refractivity contribution in [3.63, 3.8) is 0 Å². The molecule has 1 atom stereocenters. The van der Waals surface area contributed by atoms with Crippen molar-refractivity contribution in [1.82, 2.24) is 9.97 Å². The molecule has 1 unspecified atom stereocenters. The number of nitrogens with two attached hydrogens (primary N) is 1. The average molecular weight is 302 g/mol. The first-order valence-electron chi connectivity index (χ1n) is 7.31. The number of ether oxygens (including phenoxy) is 1. The third-order valence-electron chi connectivity index (χ3n) is 3.23. The molecule has 0 radical (unpaired) electrons. The minimum Gasteiger partial charge on any atom is -0.491 e. The number of aryl methyl sites for hydroxylation is 2. The number of benzene rings is 1. The Morgan fingerprint density at radius 1 is 1.32 bits per heavy atom. The number of nitrogens with zero attached hydrogens (tertiary/aromatic N) is 2. The fourth-order valence-electron chi connectivity index (χ4n) is 1.93. The molecule has 22 heavy (non-hydrogen) atoms. The second kappa shape index (κ2) is 7.61. The summed E-state index contributed by atoms with van der Waals surface area (Å²) in [4.78, 5) is 8.11. The number of hydrogen-bond acceptors (Lipinski definition) is 6. The van der Waals surface area contributed by atoms with Gasteiger partial charge < -0.3 is 20.9 Å². The van der Waals surface area contributed by atoms with Crippen LogP contribution in [0.25, 0.3) is 0 Å². The van der Waals surface area contributed by atoms with E-state index >= 15 is 0 Å². The fourth-order valence-corrected chi connectivity index (χ4v) is 1.93. The van der Waals surface area contributed by atoms with E-state index in [4.69, 9.17) is 10.5 Å². The normalized spacial score (nSPS) is 12.0. The standard InChI is InChI=1S/C16H22N4O2/c1-3-12-8-19-16(17)20-15(12)18-9-13(21)10-22-14-6-4-11(2)5-7-14/h4-8,13,21H,3,9-10H2,1-2H3,(H3,17,18,19,20). The van der Waals surface area contributed by atoms with Gasteiger partial charge in [0, 0.05) is 18.3 Å². The van der Waals surface area contributed by atoms with Gasteiger partial charge in [0.2, 0.25) is 5.95 Å². The van der Waals surface area contributed by atoms with Crippen LogP contribution in [0.2, 0.25) is 0 Å². The molecule has 1 aromatic heterocycles. The SMILES string of the molecule is CCc1cnc(N)nc1NCC(O)COc1ccc(C)cc1. The molecule has 1 aromatic carbocycles. The van der Waals surface area contributed by atoms with Crippen LogP contribution in [0.4, 0.5) is 11.8 Å². The minimum atomic E-state index is -0.651. The van der Waals surface area contributed by atoms with Crippen LogP contribution in [0.15, 0.2) is 30.5 Å². The predicted octanol–water partition coefficient (Wildman–Crippen LogP) is 1.78. The maximum atomic E-state index is 10.00. The Hall–Kier alpha value is -2.34. The molecular formula is C16H22N4O2. The van der Waals surface area contributed by atoms with Gasteiger partial charge >= 0.3 is 0 Å². The lowest BCUT2D eigenvalue weighted by atomic mass is 10.2. The Kier molecular flexibility index (Phi) is 5.55. The van der Waals surface area contributed by atoms with Gasteiger partial charge in [0.1, 0.15) is 24.3 Å². The van der Waals surface area contributed by atoms with Gasteiger partial charge in [-0.25, -0.2) is 4.98 Å². The molecule has 6 nitrogen and oxygen atoms in total. The molecule has 4 N–H and O–H groups in total. The number of aliphatic hydroxyl groups excluding tert-OH is 1. The van der Waals surface area contributed by atoms with E-state index in [-0.39, 0.29) is 12.6 Å². The number of rotatable bonds is 7. The first-order valence-corrected chi connectivity index (χ1v) is 7.31. The molecule has 6 heteroatoms. The summed E-state index contributed by atoms with van der Waals surface area (Å²) in [6.07, 6.45) is 1.83. The summed E-state index contributed by atoms with van der Waals surface area (Å²) in [5.41, 5.74) is 7.71. The van der Waals surface area contributed by atoms with Gasteiger partial charge in [-0.2, -0.15) is 4.98 Å². The van der Waals surface area contributed by atoms with Crippen molar-refractivity contribution >= 4 is 11.8 Å². The van der Waals surface area contributed by atoms with E-state index in [0.29, 0.717) is 12.4 Å². The molecule has 2 aromatic rings. The van der Waals surface area contributed by atoms with Crippen molar-refractivity contribution in [3.05, 3.63) is 41.6 Å². The molecule has 0 saturated carbocycles. The average Bonchev–Trinajstić information content (AvgIpc) is 2.52. The summed E-state index contributed by atoms with van der Waals surface area (Å²) in [6, 6.07) is 7.71. The number of nitrogens with one attached hydrogen (secondary N) is 1. The lowest BCUT2D eigenvalue weighted by molar-refractivity contribution is 0.117. The van der Waals surface area contributed by atoms with Crippen LogP contribution >= 0.6 is 0 Å². The van der Waals surface area contributed by atoms with Crippen molar-refractivity contribution in [3.8, 4) is 5.75 Å². The predicted molar refractivity (Wildman–Crippen MR) is 87.0 cm³/mol. The van der Waals surface area contributed by atoms with E-state index < -0.39 is 6.10 Å². The Bertz CT molecular complexity index is 602. The van der Waals surface area contributed by atoms with Gasteiger partial charge in [-0.1, -0.05) is 24.6 Å². The number of nitrogen functional groups attached to an aromatic ring is 1. The number of anilines is 2. The summed E-state index contributed by atoms with van der Waals surface area (Å²) < 4.78 is 5.54. The third-order valence-corrected chi connectivity index (χ3v) is 3.23. The Morgan fingerprint density at radius 3 is 2.73 bits per heavy atom. The molecule has 118 valence electrons. The van der Waals surface area contributed by atoms with Gasteiger partial charge in [-0.15, -0.1) is 0 Å². The lowest BCUT2D eigenvalue weighted by Crippen LogP contribution is -2.27. The summed E-state index contributed by atoms with van der Waals surface area (Å²) in [5.74, 6) is 1.61. The second-order valence-electron chi connectivity index (χ2n) is 5.11. The minimum absolute atomic E-state index is 0.206. The van der Waals surface area contributed by atoms with E-state index in [1.807, 2.05) is 38.1 Å². The molecule has 1 heterocycles. The van der Waals surface area contributed by atoms with Crippen molar-refractivity contribution in [2.75, 3.05) is 24.2 Å². The number of hydrogen-bond donors (Lipinski definition) is 3. The first kappa shape index (κ1) is 16.0. The molecule has 0 amide bonds. The van der Waals surface area contributed by atoms with Crippen LogP contribution in [0.3, 0.4) is 0 Å². The van der Waals surface area contributed by atoms with E-state index in [1.54, 1.807) is 6.20 Å². The third kappa shape index (κ3) is 4.60. The van der Waals surface area contributed by atoms with Crippen LogP contribution in [0.1, 0.15) is 18.1 Å². The maximum absolute atomic E-state index is 10.00. The Morgan fingerprint density at radius 2 is 2.05 bits per heavy atom. The first-order chi connectivity index (χ1) is 10.6. The molecule has 0 aliphatic carbocycles. The Labute approximate surface area is 130 Å². The zero-order valence-corrected chi connectivity index (χ0v) is 12.9. The second-order valence-corrected chi connectivity index (χ2v) is 5.11. The van der Waals surface area contributed by atoms with Gasteiger partial charge in [-0.3, -0.25) is 0 Å². The zero-order valence-electron chi connectivity index (χ0n) is 12.9. The maximum Gasteiger partial charge on any atom is 0.221 e. The van der Waals surface area contributed by atoms with Crippen LogP contribution in [0.5, 0.6) is 5.75 Å². The van der Waals surface area contributed by atoms with Crippen molar-refractivity contribution in [2.45, 2.75) is 26.4 Å². The highest BCUT2D eigenvalue weighted by Gasteiger charge is 2.09. The van der Waals surface area contributed by atoms with E-state index in [1.165, 1.54) is 5.56 Å². The monoisotopic (exact) mass is 302 g/mol.